The molecule has 2 amide bonds. The summed E-state index contributed by atoms with van der Waals surface area (Å²) in [6.45, 7) is 0.163. The summed E-state index contributed by atoms with van der Waals surface area (Å²) in [5.74, 6) is -2.38. The van der Waals surface area contributed by atoms with Crippen LogP contribution < -0.4 is 10.6 Å². The number of methoxy groups -OCH3 is 1. The number of ether oxygens (including phenoxy) is 2. The van der Waals surface area contributed by atoms with E-state index >= 15 is 0 Å². The summed E-state index contributed by atoms with van der Waals surface area (Å²) in [5, 5.41) is 14.5. The number of rotatable bonds is 10. The lowest BCUT2D eigenvalue weighted by Crippen LogP contribution is -2.46. The van der Waals surface area contributed by atoms with Gasteiger partial charge in [-0.25, -0.2) is 9.59 Å². The van der Waals surface area contributed by atoms with Crippen LogP contribution in [0.2, 0.25) is 0 Å². The fraction of sp³-hybridized carbons (Fsp3) is 0.385. The van der Waals surface area contributed by atoms with E-state index in [-0.39, 0.29) is 31.8 Å². The van der Waals surface area contributed by atoms with Crippen molar-refractivity contribution in [1.82, 2.24) is 10.6 Å². The molecule has 184 valence electrons. The molecule has 0 radical (unpaired) electrons. The topological polar surface area (TPSA) is 131 Å². The molecule has 2 aromatic carbocycles. The van der Waals surface area contributed by atoms with Gasteiger partial charge in [0.25, 0.3) is 0 Å². The molecular formula is C26H28N2O7. The van der Waals surface area contributed by atoms with Crippen molar-refractivity contribution in [1.29, 1.82) is 0 Å². The zero-order valence-electron chi connectivity index (χ0n) is 19.4. The molecule has 0 aliphatic heterocycles. The summed E-state index contributed by atoms with van der Waals surface area (Å²) < 4.78 is 10.1. The summed E-state index contributed by atoms with van der Waals surface area (Å²) in [6.07, 6.45) is 0.281. The van der Waals surface area contributed by atoms with E-state index in [0.29, 0.717) is 12.8 Å². The van der Waals surface area contributed by atoms with Crippen molar-refractivity contribution in [2.45, 2.75) is 49.6 Å². The first kappa shape index (κ1) is 24.3. The van der Waals surface area contributed by atoms with Gasteiger partial charge in [-0.15, -0.1) is 0 Å². The van der Waals surface area contributed by atoms with E-state index in [4.69, 9.17) is 4.74 Å². The molecule has 0 saturated heterocycles. The number of carboxylic acids is 1. The first-order valence-corrected chi connectivity index (χ1v) is 11.5. The molecule has 4 rings (SSSR count). The average molecular weight is 481 g/mol. The molecule has 1 saturated carbocycles. The Balaban J connectivity index is 1.30. The number of fused-ring (bicyclic) bond motifs is 3. The summed E-state index contributed by atoms with van der Waals surface area (Å²) in [4.78, 5) is 47.8. The largest absolute Gasteiger partial charge is 0.480 e. The van der Waals surface area contributed by atoms with Crippen molar-refractivity contribution in [2.24, 2.45) is 0 Å². The molecule has 0 heterocycles. The molecule has 2 aliphatic rings. The Morgan fingerprint density at radius 2 is 1.63 bits per heavy atom. The Kier molecular flexibility index (Phi) is 7.04. The third-order valence-corrected chi connectivity index (χ3v) is 6.56. The third-order valence-electron chi connectivity index (χ3n) is 6.56. The summed E-state index contributed by atoms with van der Waals surface area (Å²) in [5.41, 5.74) is 3.72. The van der Waals surface area contributed by atoms with Gasteiger partial charge >= 0.3 is 18.0 Å². The van der Waals surface area contributed by atoms with Crippen molar-refractivity contribution in [3.05, 3.63) is 59.7 Å². The quantitative estimate of drug-likeness (QED) is 0.446. The van der Waals surface area contributed by atoms with Crippen LogP contribution in [0.15, 0.2) is 48.5 Å². The van der Waals surface area contributed by atoms with Gasteiger partial charge in [-0.05, 0) is 41.5 Å². The van der Waals surface area contributed by atoms with Gasteiger partial charge < -0.3 is 25.2 Å². The normalized spacial score (nSPS) is 15.8. The van der Waals surface area contributed by atoms with Crippen LogP contribution in [-0.2, 0) is 23.9 Å². The molecule has 1 atom stereocenters. The lowest BCUT2D eigenvalue weighted by Gasteiger charge is -2.20. The van der Waals surface area contributed by atoms with Gasteiger partial charge in [0.2, 0.25) is 5.91 Å². The first-order valence-electron chi connectivity index (χ1n) is 11.5. The average Bonchev–Trinajstić information content (AvgIpc) is 3.51. The number of aliphatic carboxylic acids is 1. The molecule has 0 bridgehead atoms. The monoisotopic (exact) mass is 480 g/mol. The number of nitrogens with one attached hydrogen (secondary N) is 2. The maximum absolute atomic E-state index is 12.6. The molecule has 0 unspecified atom stereocenters. The number of benzene rings is 2. The zero-order chi connectivity index (χ0) is 25.0. The van der Waals surface area contributed by atoms with Crippen LogP contribution in [0.4, 0.5) is 4.79 Å². The Bertz CT molecular complexity index is 1100. The van der Waals surface area contributed by atoms with Crippen LogP contribution in [0.25, 0.3) is 11.1 Å². The molecule has 1 fully saturated rings. The number of esters is 1. The Morgan fingerprint density at radius 1 is 1.03 bits per heavy atom. The number of amides is 2. The SMILES string of the molecule is COC(=O)CC[C@H](NC(=O)CC1(NC(=O)OCC2c3ccccc3-c3ccccc32)CC1)C(=O)O. The highest BCUT2D eigenvalue weighted by atomic mass is 16.5. The second-order valence-electron chi connectivity index (χ2n) is 8.98. The number of carboxylic acid groups (broad SMARTS) is 1. The predicted octanol–water partition coefficient (Wildman–Crippen LogP) is 2.97. The maximum Gasteiger partial charge on any atom is 0.407 e. The molecule has 2 aliphatic carbocycles. The third kappa shape index (κ3) is 5.62. The Labute approximate surface area is 202 Å². The molecule has 9 nitrogen and oxygen atoms in total. The highest BCUT2D eigenvalue weighted by Gasteiger charge is 2.46. The van der Waals surface area contributed by atoms with Crippen LogP contribution in [-0.4, -0.2) is 54.3 Å². The molecular weight excluding hydrogens is 452 g/mol. The zero-order valence-corrected chi connectivity index (χ0v) is 19.4. The van der Waals surface area contributed by atoms with Crippen LogP contribution in [0.1, 0.15) is 49.1 Å². The van der Waals surface area contributed by atoms with Gasteiger partial charge in [0, 0.05) is 18.8 Å². The van der Waals surface area contributed by atoms with E-state index in [1.54, 1.807) is 0 Å². The Morgan fingerprint density at radius 3 is 2.17 bits per heavy atom. The van der Waals surface area contributed by atoms with E-state index in [9.17, 15) is 24.3 Å². The van der Waals surface area contributed by atoms with Gasteiger partial charge in [0.15, 0.2) is 0 Å². The molecule has 9 heteroatoms. The molecule has 2 aromatic rings. The van der Waals surface area contributed by atoms with Crippen LogP contribution >= 0.6 is 0 Å². The van der Waals surface area contributed by atoms with Crippen molar-refractivity contribution in [3.8, 4) is 11.1 Å². The molecule has 3 N–H and O–H groups in total. The van der Waals surface area contributed by atoms with E-state index < -0.39 is 35.5 Å². The summed E-state index contributed by atoms with van der Waals surface area (Å²) in [6, 6.07) is 14.9. The number of hydrogen-bond acceptors (Lipinski definition) is 6. The maximum atomic E-state index is 12.6. The number of hydrogen-bond donors (Lipinski definition) is 3. The minimum atomic E-state index is -1.24. The number of carbonyl (C=O) groups excluding carboxylic acids is 3. The number of carbonyl (C=O) groups is 4. The standard InChI is InChI=1S/C26H28N2O7/c1-34-23(30)11-10-21(24(31)32)27-22(29)14-26(12-13-26)28-25(33)35-15-20-18-8-4-2-6-16(18)17-7-3-5-9-19(17)20/h2-9,20-21H,10-15H2,1H3,(H,27,29)(H,28,33)(H,31,32)/t21-/m0/s1. The number of alkyl carbamates (subject to hydrolysis) is 1. The van der Waals surface area contributed by atoms with Crippen molar-refractivity contribution < 1.29 is 33.8 Å². The summed E-state index contributed by atoms with van der Waals surface area (Å²) in [7, 11) is 1.21. The second-order valence-corrected chi connectivity index (χ2v) is 8.98. The van der Waals surface area contributed by atoms with Crippen LogP contribution in [0, 0.1) is 0 Å². The van der Waals surface area contributed by atoms with Gasteiger partial charge in [-0.3, -0.25) is 9.59 Å². The molecule has 0 spiro atoms. The smallest absolute Gasteiger partial charge is 0.407 e. The van der Waals surface area contributed by atoms with Crippen molar-refractivity contribution in [2.75, 3.05) is 13.7 Å². The van der Waals surface area contributed by atoms with Gasteiger partial charge in [-0.1, -0.05) is 48.5 Å². The molecule has 35 heavy (non-hydrogen) atoms. The lowest BCUT2D eigenvalue weighted by molar-refractivity contribution is -0.144. The fourth-order valence-electron chi connectivity index (χ4n) is 4.52. The highest BCUT2D eigenvalue weighted by molar-refractivity contribution is 5.85. The first-order chi connectivity index (χ1) is 16.8. The van der Waals surface area contributed by atoms with E-state index in [0.717, 1.165) is 22.3 Å². The van der Waals surface area contributed by atoms with Crippen LogP contribution in [0.3, 0.4) is 0 Å². The van der Waals surface area contributed by atoms with E-state index in [1.165, 1.54) is 7.11 Å². The molecule has 0 aromatic heterocycles. The van der Waals surface area contributed by atoms with Gasteiger partial charge in [0.05, 0.1) is 12.6 Å². The van der Waals surface area contributed by atoms with E-state index in [1.807, 2.05) is 36.4 Å². The van der Waals surface area contributed by atoms with Gasteiger partial charge in [0.1, 0.15) is 12.6 Å². The fourth-order valence-corrected chi connectivity index (χ4v) is 4.52. The lowest BCUT2D eigenvalue weighted by atomic mass is 9.98. The Hall–Kier alpha value is -3.88. The minimum absolute atomic E-state index is 0.0702. The second kappa shape index (κ2) is 10.2. The summed E-state index contributed by atoms with van der Waals surface area (Å²) >= 11 is 0. The minimum Gasteiger partial charge on any atom is -0.480 e. The van der Waals surface area contributed by atoms with Crippen molar-refractivity contribution >= 4 is 23.9 Å². The van der Waals surface area contributed by atoms with Crippen molar-refractivity contribution in [3.63, 3.8) is 0 Å². The van der Waals surface area contributed by atoms with Crippen LogP contribution in [0.5, 0.6) is 0 Å². The predicted molar refractivity (Wildman–Crippen MR) is 126 cm³/mol. The van der Waals surface area contributed by atoms with Gasteiger partial charge in [-0.2, -0.15) is 0 Å². The van der Waals surface area contributed by atoms with E-state index in [2.05, 4.69) is 27.5 Å². The highest BCUT2D eigenvalue weighted by Crippen LogP contribution is 2.44.